The number of nitrogens with zero attached hydrogens (tertiary/aromatic N) is 2. The molecule has 116 valence electrons. The van der Waals surface area contributed by atoms with E-state index < -0.39 is 5.60 Å². The number of carbonyl (C=O) groups excluding carboxylic acids is 1. The molecule has 5 nitrogen and oxygen atoms in total. The predicted octanol–water partition coefficient (Wildman–Crippen LogP) is 1.88. The van der Waals surface area contributed by atoms with E-state index in [0.29, 0.717) is 6.42 Å². The number of carbonyl (C=O) groups is 1. The largest absolute Gasteiger partial charge is 0.390 e. The lowest BCUT2D eigenvalue weighted by Crippen LogP contribution is -2.50. The smallest absolute Gasteiger partial charge is 0.228 e. The zero-order chi connectivity index (χ0) is 14.9. The molecule has 5 heteroatoms. The number of H-pyrrole nitrogens is 1. The fraction of sp³-hybridized carbons (Fsp3) is 0.750. The molecule has 2 N–H and O–H groups in total. The Bertz CT molecular complexity index is 484. The number of hydrogen-bond donors (Lipinski definition) is 2. The van der Waals surface area contributed by atoms with Crippen molar-refractivity contribution in [2.24, 2.45) is 5.92 Å². The summed E-state index contributed by atoms with van der Waals surface area (Å²) in [4.78, 5) is 14.6. The molecule has 1 saturated carbocycles. The molecule has 2 heterocycles. The highest BCUT2D eigenvalue weighted by Crippen LogP contribution is 2.40. The Labute approximate surface area is 125 Å². The molecule has 3 rings (SSSR count). The fourth-order valence-corrected chi connectivity index (χ4v) is 4.12. The number of aliphatic hydroxyl groups is 1. The van der Waals surface area contributed by atoms with E-state index in [1.165, 1.54) is 6.42 Å². The first-order valence-electron chi connectivity index (χ1n) is 8.08. The van der Waals surface area contributed by atoms with Crippen LogP contribution in [0.3, 0.4) is 0 Å². The van der Waals surface area contributed by atoms with Gasteiger partial charge in [0.1, 0.15) is 0 Å². The normalized spacial score (nSPS) is 33.3. The standard InChI is InChI=1S/C16H25N3O2/c1-16(21)8-3-2-5-13(16)14-6-4-10-19(14)15(20)11-12-7-9-17-18-12/h7,9,13-14,21H,2-6,8,10-11H2,1H3,(H,17,18)/t13-,14+,16-/m0/s1. The Hall–Kier alpha value is -1.36. The molecule has 0 bridgehead atoms. The van der Waals surface area contributed by atoms with E-state index in [1.807, 2.05) is 17.9 Å². The first kappa shape index (κ1) is 14.6. The van der Waals surface area contributed by atoms with Gasteiger partial charge < -0.3 is 10.0 Å². The summed E-state index contributed by atoms with van der Waals surface area (Å²) >= 11 is 0. The van der Waals surface area contributed by atoms with Crippen molar-refractivity contribution in [3.05, 3.63) is 18.0 Å². The van der Waals surface area contributed by atoms with E-state index >= 15 is 0 Å². The number of aromatic amines is 1. The minimum atomic E-state index is -0.625. The molecule has 2 aliphatic rings. The van der Waals surface area contributed by atoms with Crippen molar-refractivity contribution in [1.29, 1.82) is 0 Å². The van der Waals surface area contributed by atoms with Gasteiger partial charge in [0.25, 0.3) is 0 Å². The Morgan fingerprint density at radius 2 is 2.33 bits per heavy atom. The fourth-order valence-electron chi connectivity index (χ4n) is 4.12. The van der Waals surface area contributed by atoms with Crippen LogP contribution in [0.2, 0.25) is 0 Å². The zero-order valence-corrected chi connectivity index (χ0v) is 12.7. The van der Waals surface area contributed by atoms with Gasteiger partial charge in [-0.15, -0.1) is 0 Å². The summed E-state index contributed by atoms with van der Waals surface area (Å²) in [6.07, 6.45) is 8.28. The van der Waals surface area contributed by atoms with Gasteiger partial charge in [0.15, 0.2) is 0 Å². The molecule has 2 fully saturated rings. The molecule has 21 heavy (non-hydrogen) atoms. The SMILES string of the molecule is C[C@]1(O)CCCC[C@H]1[C@H]1CCCN1C(=O)Cc1ccn[nH]1. The summed E-state index contributed by atoms with van der Waals surface area (Å²) in [6, 6.07) is 2.05. The van der Waals surface area contributed by atoms with Crippen molar-refractivity contribution in [1.82, 2.24) is 15.1 Å². The van der Waals surface area contributed by atoms with Crippen LogP contribution in [0.15, 0.2) is 12.3 Å². The molecule has 1 aromatic rings. The lowest BCUT2D eigenvalue weighted by Gasteiger charge is -2.43. The molecule has 1 aromatic heterocycles. The second kappa shape index (κ2) is 5.79. The van der Waals surface area contributed by atoms with Crippen molar-refractivity contribution < 1.29 is 9.90 Å². The molecule has 1 saturated heterocycles. The summed E-state index contributed by atoms with van der Waals surface area (Å²) in [6.45, 7) is 2.77. The second-order valence-electron chi connectivity index (χ2n) is 6.76. The predicted molar refractivity (Wildman–Crippen MR) is 79.6 cm³/mol. The van der Waals surface area contributed by atoms with Crippen LogP contribution in [-0.2, 0) is 11.2 Å². The minimum absolute atomic E-state index is 0.156. The van der Waals surface area contributed by atoms with Crippen LogP contribution in [0.25, 0.3) is 0 Å². The molecule has 0 radical (unpaired) electrons. The highest BCUT2D eigenvalue weighted by molar-refractivity contribution is 5.79. The van der Waals surface area contributed by atoms with E-state index in [2.05, 4.69) is 10.2 Å². The Morgan fingerprint density at radius 1 is 1.48 bits per heavy atom. The Morgan fingerprint density at radius 3 is 3.05 bits per heavy atom. The second-order valence-corrected chi connectivity index (χ2v) is 6.76. The molecular formula is C16H25N3O2. The van der Waals surface area contributed by atoms with Crippen LogP contribution >= 0.6 is 0 Å². The topological polar surface area (TPSA) is 69.2 Å². The van der Waals surface area contributed by atoms with Gasteiger partial charge in [0.05, 0.1) is 12.0 Å². The Kier molecular flexibility index (Phi) is 4.02. The van der Waals surface area contributed by atoms with Gasteiger partial charge in [-0.2, -0.15) is 5.10 Å². The lowest BCUT2D eigenvalue weighted by atomic mass is 9.72. The molecule has 1 amide bonds. The first-order valence-corrected chi connectivity index (χ1v) is 8.08. The number of nitrogens with one attached hydrogen (secondary N) is 1. The van der Waals surface area contributed by atoms with E-state index in [0.717, 1.165) is 44.3 Å². The van der Waals surface area contributed by atoms with Crippen LogP contribution in [0.1, 0.15) is 51.1 Å². The maximum absolute atomic E-state index is 12.6. The third-order valence-electron chi connectivity index (χ3n) is 5.23. The summed E-state index contributed by atoms with van der Waals surface area (Å²) in [5.74, 6) is 0.377. The van der Waals surface area contributed by atoms with Gasteiger partial charge >= 0.3 is 0 Å². The van der Waals surface area contributed by atoms with Crippen molar-refractivity contribution >= 4 is 5.91 Å². The van der Waals surface area contributed by atoms with E-state index in [1.54, 1.807) is 6.20 Å². The van der Waals surface area contributed by atoms with E-state index in [9.17, 15) is 9.90 Å². The average Bonchev–Trinajstić information content (AvgIpc) is 3.08. The first-order chi connectivity index (χ1) is 10.1. The Balaban J connectivity index is 1.71. The lowest BCUT2D eigenvalue weighted by molar-refractivity contribution is -0.135. The van der Waals surface area contributed by atoms with Crippen LogP contribution in [0.4, 0.5) is 0 Å². The third-order valence-corrected chi connectivity index (χ3v) is 5.23. The quantitative estimate of drug-likeness (QED) is 0.893. The molecule has 0 aromatic carbocycles. The van der Waals surface area contributed by atoms with E-state index in [-0.39, 0.29) is 17.9 Å². The highest BCUT2D eigenvalue weighted by atomic mass is 16.3. The van der Waals surface area contributed by atoms with Gasteiger partial charge in [-0.1, -0.05) is 12.8 Å². The minimum Gasteiger partial charge on any atom is -0.390 e. The van der Waals surface area contributed by atoms with Crippen LogP contribution < -0.4 is 0 Å². The number of aromatic nitrogens is 2. The summed E-state index contributed by atoms with van der Waals surface area (Å²) in [5, 5.41) is 17.5. The molecule has 3 atom stereocenters. The van der Waals surface area contributed by atoms with Crippen LogP contribution in [-0.4, -0.2) is 44.3 Å². The molecule has 0 spiro atoms. The van der Waals surface area contributed by atoms with Gasteiger partial charge in [-0.25, -0.2) is 0 Å². The highest BCUT2D eigenvalue weighted by Gasteiger charge is 2.44. The van der Waals surface area contributed by atoms with Gasteiger partial charge in [-0.05, 0) is 38.7 Å². The summed E-state index contributed by atoms with van der Waals surface area (Å²) < 4.78 is 0. The molecule has 1 aliphatic heterocycles. The van der Waals surface area contributed by atoms with Gasteiger partial charge in [-0.3, -0.25) is 9.89 Å². The van der Waals surface area contributed by atoms with E-state index in [4.69, 9.17) is 0 Å². The number of hydrogen-bond acceptors (Lipinski definition) is 3. The molecule has 1 aliphatic carbocycles. The monoisotopic (exact) mass is 291 g/mol. The van der Waals surface area contributed by atoms with Crippen molar-refractivity contribution in [2.75, 3.05) is 6.54 Å². The average molecular weight is 291 g/mol. The molecular weight excluding hydrogens is 266 g/mol. The van der Waals surface area contributed by atoms with Gasteiger partial charge in [0, 0.05) is 30.4 Å². The van der Waals surface area contributed by atoms with Crippen molar-refractivity contribution in [3.63, 3.8) is 0 Å². The van der Waals surface area contributed by atoms with Gasteiger partial charge in [0.2, 0.25) is 5.91 Å². The van der Waals surface area contributed by atoms with Crippen LogP contribution in [0, 0.1) is 5.92 Å². The van der Waals surface area contributed by atoms with Crippen molar-refractivity contribution in [2.45, 2.75) is 63.5 Å². The number of amides is 1. The summed E-state index contributed by atoms with van der Waals surface area (Å²) in [5.41, 5.74) is 0.237. The van der Waals surface area contributed by atoms with Crippen molar-refractivity contribution in [3.8, 4) is 0 Å². The summed E-state index contributed by atoms with van der Waals surface area (Å²) in [7, 11) is 0. The zero-order valence-electron chi connectivity index (χ0n) is 12.7. The van der Waals surface area contributed by atoms with Crippen LogP contribution in [0.5, 0.6) is 0 Å². The maximum atomic E-state index is 12.6. The number of rotatable bonds is 3. The number of likely N-dealkylation sites (tertiary alicyclic amines) is 1. The third kappa shape index (κ3) is 2.98. The maximum Gasteiger partial charge on any atom is 0.228 e. The molecule has 0 unspecified atom stereocenters.